The minimum atomic E-state index is -0.892. The van der Waals surface area contributed by atoms with Crippen LogP contribution in [0.25, 0.3) is 11.1 Å². The van der Waals surface area contributed by atoms with E-state index in [2.05, 4.69) is 4.98 Å². The van der Waals surface area contributed by atoms with Gasteiger partial charge in [-0.2, -0.15) is 0 Å². The van der Waals surface area contributed by atoms with Crippen molar-refractivity contribution < 1.29 is 19.1 Å². The van der Waals surface area contributed by atoms with Gasteiger partial charge in [-0.1, -0.05) is 18.2 Å². The van der Waals surface area contributed by atoms with Crippen LogP contribution in [0.5, 0.6) is 0 Å². The molecule has 1 N–H and O–H groups in total. The van der Waals surface area contributed by atoms with Gasteiger partial charge in [0.2, 0.25) is 0 Å². The van der Waals surface area contributed by atoms with E-state index in [4.69, 9.17) is 4.42 Å². The number of aryl methyl sites for hydroxylation is 1. The Hall–Kier alpha value is -3.15. The summed E-state index contributed by atoms with van der Waals surface area (Å²) in [5.74, 6) is -0.315. The maximum Gasteiger partial charge on any atom is 0.335 e. The molecule has 1 aliphatic heterocycles. The Morgan fingerprint density at radius 2 is 1.93 bits per heavy atom. The van der Waals surface area contributed by atoms with E-state index in [9.17, 15) is 14.7 Å². The molecule has 1 aliphatic rings. The number of nitrogens with zero attached hydrogens (tertiary/aromatic N) is 2. The van der Waals surface area contributed by atoms with E-state index in [-0.39, 0.29) is 5.91 Å². The van der Waals surface area contributed by atoms with Crippen molar-refractivity contribution in [1.29, 1.82) is 0 Å². The lowest BCUT2D eigenvalue weighted by Crippen LogP contribution is -2.38. The maximum absolute atomic E-state index is 12.8. The van der Waals surface area contributed by atoms with Crippen LogP contribution in [0.1, 0.15) is 45.0 Å². The van der Waals surface area contributed by atoms with E-state index in [1.165, 1.54) is 0 Å². The number of piperidine rings is 1. The fourth-order valence-electron chi connectivity index (χ4n) is 3.85. The molecule has 0 saturated carbocycles. The number of carbonyl (C=O) groups is 2. The van der Waals surface area contributed by atoms with Crippen LogP contribution < -0.4 is 0 Å². The molecule has 4 rings (SSSR count). The second kappa shape index (κ2) is 7.46. The van der Waals surface area contributed by atoms with Crippen LogP contribution in [0, 0.1) is 12.8 Å². The van der Waals surface area contributed by atoms with Crippen LogP contribution in [0.4, 0.5) is 0 Å². The summed E-state index contributed by atoms with van der Waals surface area (Å²) in [6.45, 7) is 3.19. The SMILES string of the molecule is Cc1ccc2oc(C(=O)N3CCC(Cc4ccccc4C(=O)O)CC3)cc2n1. The highest BCUT2D eigenvalue weighted by atomic mass is 16.4. The fraction of sp³-hybridized carbons (Fsp3) is 0.318. The lowest BCUT2D eigenvalue weighted by atomic mass is 9.88. The first kappa shape index (κ1) is 18.2. The van der Waals surface area contributed by atoms with E-state index in [0.29, 0.717) is 41.4 Å². The van der Waals surface area contributed by atoms with E-state index in [1.807, 2.05) is 36.1 Å². The van der Waals surface area contributed by atoms with Gasteiger partial charge in [0.15, 0.2) is 11.3 Å². The summed E-state index contributed by atoms with van der Waals surface area (Å²) in [6.07, 6.45) is 2.41. The normalized spacial score (nSPS) is 15.1. The van der Waals surface area contributed by atoms with Crippen molar-refractivity contribution in [3.63, 3.8) is 0 Å². The Kier molecular flexibility index (Phi) is 4.86. The zero-order chi connectivity index (χ0) is 19.7. The lowest BCUT2D eigenvalue weighted by molar-refractivity contribution is 0.0661. The molecule has 0 bridgehead atoms. The Balaban J connectivity index is 1.41. The third-order valence-corrected chi connectivity index (χ3v) is 5.38. The fourth-order valence-corrected chi connectivity index (χ4v) is 3.85. The van der Waals surface area contributed by atoms with Gasteiger partial charge in [0.05, 0.1) is 5.56 Å². The summed E-state index contributed by atoms with van der Waals surface area (Å²) in [5.41, 5.74) is 3.43. The van der Waals surface area contributed by atoms with Crippen LogP contribution in [0.2, 0.25) is 0 Å². The number of pyridine rings is 1. The van der Waals surface area contributed by atoms with Gasteiger partial charge in [0.1, 0.15) is 5.52 Å². The zero-order valence-corrected chi connectivity index (χ0v) is 15.7. The van der Waals surface area contributed by atoms with Crippen LogP contribution in [0.15, 0.2) is 46.9 Å². The van der Waals surface area contributed by atoms with Crippen LogP contribution in [0.3, 0.4) is 0 Å². The number of furan rings is 1. The van der Waals surface area contributed by atoms with Crippen LogP contribution >= 0.6 is 0 Å². The second-order valence-electron chi connectivity index (χ2n) is 7.35. The van der Waals surface area contributed by atoms with Crippen LogP contribution in [-0.4, -0.2) is 40.0 Å². The minimum absolute atomic E-state index is 0.111. The Bertz CT molecular complexity index is 1030. The molecule has 0 aliphatic carbocycles. The van der Waals surface area contributed by atoms with Gasteiger partial charge in [-0.15, -0.1) is 0 Å². The number of hydrogen-bond acceptors (Lipinski definition) is 4. The smallest absolute Gasteiger partial charge is 0.335 e. The largest absolute Gasteiger partial charge is 0.478 e. The Morgan fingerprint density at radius 1 is 1.18 bits per heavy atom. The first-order valence-corrected chi connectivity index (χ1v) is 9.49. The molecule has 0 atom stereocenters. The van der Waals surface area contributed by atoms with Gasteiger partial charge in [-0.25, -0.2) is 9.78 Å². The quantitative estimate of drug-likeness (QED) is 0.744. The van der Waals surface area contributed by atoms with Crippen molar-refractivity contribution in [2.45, 2.75) is 26.2 Å². The summed E-state index contributed by atoms with van der Waals surface area (Å²) in [4.78, 5) is 30.4. The van der Waals surface area contributed by atoms with E-state index in [1.54, 1.807) is 18.2 Å². The summed E-state index contributed by atoms with van der Waals surface area (Å²) < 4.78 is 5.68. The average molecular weight is 378 g/mol. The van der Waals surface area contributed by atoms with Gasteiger partial charge < -0.3 is 14.4 Å². The monoisotopic (exact) mass is 378 g/mol. The molecule has 2 aromatic heterocycles. The summed E-state index contributed by atoms with van der Waals surface area (Å²) in [6, 6.07) is 12.6. The molecule has 0 spiro atoms. The van der Waals surface area contributed by atoms with Crippen molar-refractivity contribution in [1.82, 2.24) is 9.88 Å². The molecule has 6 nitrogen and oxygen atoms in total. The molecule has 0 unspecified atom stereocenters. The zero-order valence-electron chi connectivity index (χ0n) is 15.7. The molecule has 1 aromatic carbocycles. The number of fused-ring (bicyclic) bond motifs is 1. The molecule has 0 radical (unpaired) electrons. The number of carbonyl (C=O) groups excluding carboxylic acids is 1. The number of amides is 1. The van der Waals surface area contributed by atoms with Crippen molar-refractivity contribution >= 4 is 23.0 Å². The molecule has 3 aromatic rings. The molecule has 1 fully saturated rings. The standard InChI is InChI=1S/C22H22N2O4/c1-14-6-7-19-18(23-14)13-20(28-19)21(25)24-10-8-15(9-11-24)12-16-4-2-3-5-17(16)22(26)27/h2-7,13,15H,8-12H2,1H3,(H,26,27). The van der Waals surface area contributed by atoms with E-state index < -0.39 is 5.97 Å². The Labute approximate surface area is 162 Å². The molecule has 1 saturated heterocycles. The number of rotatable bonds is 4. The van der Waals surface area contributed by atoms with E-state index >= 15 is 0 Å². The van der Waals surface area contributed by atoms with Crippen molar-refractivity contribution in [3.05, 3.63) is 65.0 Å². The number of aromatic carboxylic acids is 1. The van der Waals surface area contributed by atoms with Gasteiger partial charge in [-0.05, 0) is 55.9 Å². The highest BCUT2D eigenvalue weighted by Crippen LogP contribution is 2.26. The van der Waals surface area contributed by atoms with Gasteiger partial charge in [0, 0.05) is 24.8 Å². The third-order valence-electron chi connectivity index (χ3n) is 5.38. The summed E-state index contributed by atoms with van der Waals surface area (Å²) >= 11 is 0. The van der Waals surface area contributed by atoms with Gasteiger partial charge in [0.25, 0.3) is 5.91 Å². The number of aromatic nitrogens is 1. The molecule has 3 heterocycles. The number of benzene rings is 1. The number of carboxylic acid groups (broad SMARTS) is 1. The molecule has 1 amide bonds. The molecule has 28 heavy (non-hydrogen) atoms. The second-order valence-corrected chi connectivity index (χ2v) is 7.35. The highest BCUT2D eigenvalue weighted by Gasteiger charge is 2.26. The predicted octanol–water partition coefficient (Wildman–Crippen LogP) is 3.93. The third kappa shape index (κ3) is 3.63. The minimum Gasteiger partial charge on any atom is -0.478 e. The number of hydrogen-bond donors (Lipinski definition) is 1. The lowest BCUT2D eigenvalue weighted by Gasteiger charge is -2.31. The predicted molar refractivity (Wildman–Crippen MR) is 104 cm³/mol. The summed E-state index contributed by atoms with van der Waals surface area (Å²) in [7, 11) is 0. The first-order valence-electron chi connectivity index (χ1n) is 9.49. The number of likely N-dealkylation sites (tertiary alicyclic amines) is 1. The highest BCUT2D eigenvalue weighted by molar-refractivity contribution is 5.95. The van der Waals surface area contributed by atoms with Crippen molar-refractivity contribution in [2.75, 3.05) is 13.1 Å². The molecular weight excluding hydrogens is 356 g/mol. The molecule has 144 valence electrons. The van der Waals surface area contributed by atoms with Crippen molar-refractivity contribution in [3.8, 4) is 0 Å². The molecule has 6 heteroatoms. The molecular formula is C22H22N2O4. The number of carboxylic acids is 1. The average Bonchev–Trinajstić information content (AvgIpc) is 3.11. The van der Waals surface area contributed by atoms with Gasteiger partial charge in [-0.3, -0.25) is 4.79 Å². The maximum atomic E-state index is 12.8. The van der Waals surface area contributed by atoms with Crippen molar-refractivity contribution in [2.24, 2.45) is 5.92 Å². The summed E-state index contributed by atoms with van der Waals surface area (Å²) in [5, 5.41) is 9.34. The van der Waals surface area contributed by atoms with Gasteiger partial charge >= 0.3 is 5.97 Å². The Morgan fingerprint density at radius 3 is 2.68 bits per heavy atom. The van der Waals surface area contributed by atoms with Crippen LogP contribution in [-0.2, 0) is 6.42 Å². The topological polar surface area (TPSA) is 83.6 Å². The van der Waals surface area contributed by atoms with E-state index in [0.717, 1.165) is 30.5 Å². The first-order chi connectivity index (χ1) is 13.5.